The van der Waals surface area contributed by atoms with Crippen LogP contribution in [0.2, 0.25) is 5.02 Å². The van der Waals surface area contributed by atoms with E-state index in [-0.39, 0.29) is 35.7 Å². The van der Waals surface area contributed by atoms with E-state index < -0.39 is 21.6 Å². The summed E-state index contributed by atoms with van der Waals surface area (Å²) >= 11 is 6.04. The first kappa shape index (κ1) is 20.2. The maximum Gasteiger partial charge on any atom is 0.332 e. The van der Waals surface area contributed by atoms with Crippen LogP contribution >= 0.6 is 11.6 Å². The van der Waals surface area contributed by atoms with Gasteiger partial charge in [-0.1, -0.05) is 23.7 Å². The molecule has 0 aromatic heterocycles. The minimum Gasteiger partial charge on any atom is -0.458 e. The van der Waals surface area contributed by atoms with Gasteiger partial charge in [-0.05, 0) is 45.7 Å². The number of rotatable bonds is 8. The van der Waals surface area contributed by atoms with Gasteiger partial charge in [0, 0.05) is 12.6 Å². The number of esters is 1. The monoisotopic (exact) mass is 389 g/mol. The molecule has 0 spiro atoms. The number of carbonyl (C=O) groups excluding carboxylic acids is 1. The van der Waals surface area contributed by atoms with E-state index in [0.717, 1.165) is 12.8 Å². The van der Waals surface area contributed by atoms with Crippen LogP contribution in [-0.2, 0) is 24.3 Å². The van der Waals surface area contributed by atoms with Crippen LogP contribution in [0.3, 0.4) is 0 Å². The number of halogens is 1. The van der Waals surface area contributed by atoms with Crippen molar-refractivity contribution in [3.63, 3.8) is 0 Å². The van der Waals surface area contributed by atoms with E-state index in [4.69, 9.17) is 21.1 Å². The van der Waals surface area contributed by atoms with Crippen molar-refractivity contribution in [2.45, 2.75) is 50.2 Å². The molecule has 0 heterocycles. The van der Waals surface area contributed by atoms with Gasteiger partial charge < -0.3 is 9.47 Å². The molecule has 2 rings (SSSR count). The number of benzene rings is 1. The molecular weight excluding hydrogens is 366 g/mol. The van der Waals surface area contributed by atoms with Crippen molar-refractivity contribution in [2.24, 2.45) is 0 Å². The van der Waals surface area contributed by atoms with Gasteiger partial charge in [-0.3, -0.25) is 0 Å². The quantitative estimate of drug-likeness (QED) is 0.505. The molecule has 25 heavy (non-hydrogen) atoms. The van der Waals surface area contributed by atoms with Crippen LogP contribution in [0, 0.1) is 0 Å². The third-order valence-corrected chi connectivity index (χ3v) is 5.93. The van der Waals surface area contributed by atoms with E-state index in [1.807, 2.05) is 0 Å². The molecule has 1 aromatic rings. The van der Waals surface area contributed by atoms with Crippen LogP contribution in [0.4, 0.5) is 0 Å². The minimum absolute atomic E-state index is 0.0357. The van der Waals surface area contributed by atoms with Gasteiger partial charge in [0.1, 0.15) is 17.1 Å². The third-order valence-electron chi connectivity index (χ3n) is 3.47. The fourth-order valence-electron chi connectivity index (χ4n) is 2.32. The zero-order chi connectivity index (χ0) is 18.7. The summed E-state index contributed by atoms with van der Waals surface area (Å²) in [4.78, 5) is 11.7. The average Bonchev–Trinajstić information content (AvgIpc) is 3.29. The van der Waals surface area contributed by atoms with Gasteiger partial charge in [0.25, 0.3) is 0 Å². The fraction of sp³-hybridized carbons (Fsp3) is 0.588. The van der Waals surface area contributed by atoms with E-state index in [2.05, 4.69) is 0 Å². The van der Waals surface area contributed by atoms with Crippen LogP contribution in [0.25, 0.3) is 0 Å². The van der Waals surface area contributed by atoms with Gasteiger partial charge in [0.05, 0.1) is 11.6 Å². The molecule has 0 amide bonds. The molecule has 1 fully saturated rings. The fourth-order valence-corrected chi connectivity index (χ4v) is 4.49. The Kier molecular flexibility index (Phi) is 6.48. The first-order valence-corrected chi connectivity index (χ1v) is 9.99. The standard InChI is InChI=1S/C17H24ClNO5S/c1-17(2,3)24-16(20)12-23-11-10-19(13-8-9-13)25(21,22)15-7-5-4-6-14(15)18/h4-7,13H,8-12H2,1-3H3. The second kappa shape index (κ2) is 8.03. The van der Waals surface area contributed by atoms with Gasteiger partial charge in [-0.25, -0.2) is 13.2 Å². The summed E-state index contributed by atoms with van der Waals surface area (Å²) in [6.07, 6.45) is 1.63. The van der Waals surface area contributed by atoms with E-state index in [0.29, 0.717) is 0 Å². The van der Waals surface area contributed by atoms with Crippen LogP contribution in [-0.4, -0.2) is 50.1 Å². The molecule has 0 saturated heterocycles. The van der Waals surface area contributed by atoms with Gasteiger partial charge in [0.2, 0.25) is 10.0 Å². The summed E-state index contributed by atoms with van der Waals surface area (Å²) in [6.45, 7) is 5.39. The molecule has 1 aliphatic carbocycles. The summed E-state index contributed by atoms with van der Waals surface area (Å²) in [6, 6.07) is 6.34. The Morgan fingerprint density at radius 3 is 2.48 bits per heavy atom. The van der Waals surface area contributed by atoms with Gasteiger partial charge >= 0.3 is 5.97 Å². The van der Waals surface area contributed by atoms with E-state index in [1.54, 1.807) is 39.0 Å². The Morgan fingerprint density at radius 1 is 1.28 bits per heavy atom. The van der Waals surface area contributed by atoms with Crippen molar-refractivity contribution in [1.29, 1.82) is 0 Å². The molecular formula is C17H24ClNO5S. The second-order valence-electron chi connectivity index (χ2n) is 6.92. The topological polar surface area (TPSA) is 72.9 Å². The Bertz CT molecular complexity index is 710. The highest BCUT2D eigenvalue weighted by Crippen LogP contribution is 2.33. The number of hydrogen-bond donors (Lipinski definition) is 0. The molecule has 1 aliphatic rings. The van der Waals surface area contributed by atoms with Gasteiger partial charge in [0.15, 0.2) is 0 Å². The lowest BCUT2D eigenvalue weighted by Gasteiger charge is -2.23. The smallest absolute Gasteiger partial charge is 0.332 e. The molecule has 0 atom stereocenters. The van der Waals surface area contributed by atoms with Crippen LogP contribution < -0.4 is 0 Å². The lowest BCUT2D eigenvalue weighted by Crippen LogP contribution is -2.36. The molecule has 0 N–H and O–H groups in total. The Balaban J connectivity index is 1.94. The summed E-state index contributed by atoms with van der Waals surface area (Å²) in [5.41, 5.74) is -0.576. The number of hydrogen-bond acceptors (Lipinski definition) is 5. The van der Waals surface area contributed by atoms with Crippen LogP contribution in [0.5, 0.6) is 0 Å². The molecule has 0 unspecified atom stereocenters. The van der Waals surface area contributed by atoms with Crippen molar-refractivity contribution in [1.82, 2.24) is 4.31 Å². The van der Waals surface area contributed by atoms with Gasteiger partial charge in [-0.2, -0.15) is 4.31 Å². The van der Waals surface area contributed by atoms with Crippen molar-refractivity contribution in [3.05, 3.63) is 29.3 Å². The molecule has 6 nitrogen and oxygen atoms in total. The highest BCUT2D eigenvalue weighted by atomic mass is 35.5. The summed E-state index contributed by atoms with van der Waals surface area (Å²) in [7, 11) is -3.69. The lowest BCUT2D eigenvalue weighted by molar-refractivity contribution is -0.160. The number of ether oxygens (including phenoxy) is 2. The van der Waals surface area contributed by atoms with E-state index >= 15 is 0 Å². The number of sulfonamides is 1. The van der Waals surface area contributed by atoms with E-state index in [9.17, 15) is 13.2 Å². The zero-order valence-corrected chi connectivity index (χ0v) is 16.3. The maximum absolute atomic E-state index is 12.8. The van der Waals surface area contributed by atoms with Crippen LogP contribution in [0.15, 0.2) is 29.2 Å². The Labute approximate surface area is 154 Å². The Hall–Kier alpha value is -1.15. The molecule has 1 aromatic carbocycles. The summed E-state index contributed by atoms with van der Waals surface area (Å²) < 4.78 is 37.5. The SMILES string of the molecule is CC(C)(C)OC(=O)COCCN(C1CC1)S(=O)(=O)c1ccccc1Cl. The third kappa shape index (κ3) is 5.95. The number of carbonyl (C=O) groups is 1. The van der Waals surface area contributed by atoms with Gasteiger partial charge in [-0.15, -0.1) is 0 Å². The van der Waals surface area contributed by atoms with Crippen molar-refractivity contribution < 1.29 is 22.7 Å². The highest BCUT2D eigenvalue weighted by molar-refractivity contribution is 7.89. The first-order chi connectivity index (χ1) is 11.6. The van der Waals surface area contributed by atoms with Crippen molar-refractivity contribution >= 4 is 27.6 Å². The molecule has 0 radical (unpaired) electrons. The van der Waals surface area contributed by atoms with E-state index in [1.165, 1.54) is 10.4 Å². The second-order valence-corrected chi connectivity index (χ2v) is 9.18. The number of nitrogens with zero attached hydrogens (tertiary/aromatic N) is 1. The van der Waals surface area contributed by atoms with Crippen molar-refractivity contribution in [3.8, 4) is 0 Å². The molecule has 0 bridgehead atoms. The molecule has 8 heteroatoms. The molecule has 0 aliphatic heterocycles. The Morgan fingerprint density at radius 2 is 1.92 bits per heavy atom. The minimum atomic E-state index is -3.69. The normalized spacial score (nSPS) is 15.4. The highest BCUT2D eigenvalue weighted by Gasteiger charge is 2.38. The summed E-state index contributed by atoms with van der Waals surface area (Å²) in [5.74, 6) is -0.473. The summed E-state index contributed by atoms with van der Waals surface area (Å²) in [5, 5.41) is 0.197. The largest absolute Gasteiger partial charge is 0.458 e. The predicted molar refractivity (Wildman–Crippen MR) is 95.0 cm³/mol. The van der Waals surface area contributed by atoms with Crippen molar-refractivity contribution in [2.75, 3.05) is 19.8 Å². The predicted octanol–water partition coefficient (Wildman–Crippen LogP) is 2.85. The molecule has 1 saturated carbocycles. The van der Waals surface area contributed by atoms with Crippen LogP contribution in [0.1, 0.15) is 33.6 Å². The maximum atomic E-state index is 12.8. The molecule has 140 valence electrons. The lowest BCUT2D eigenvalue weighted by atomic mass is 10.2. The first-order valence-electron chi connectivity index (χ1n) is 8.17. The zero-order valence-electron chi connectivity index (χ0n) is 14.7. The average molecular weight is 390 g/mol.